The lowest BCUT2D eigenvalue weighted by Gasteiger charge is -2.09. The summed E-state index contributed by atoms with van der Waals surface area (Å²) in [6.07, 6.45) is -4.42. The number of aromatic amines is 1. The lowest BCUT2D eigenvalue weighted by molar-refractivity contribution is -0.137. The number of nitrogens with zero attached hydrogens (tertiary/aromatic N) is 2. The molecule has 4 aromatic rings. The van der Waals surface area contributed by atoms with Gasteiger partial charge in [0.1, 0.15) is 0 Å². The summed E-state index contributed by atoms with van der Waals surface area (Å²) >= 11 is 1.31. The smallest absolute Gasteiger partial charge is 0.326 e. The van der Waals surface area contributed by atoms with E-state index in [1.54, 1.807) is 6.92 Å². The Bertz CT molecular complexity index is 1340. The van der Waals surface area contributed by atoms with Crippen LogP contribution in [0, 0.1) is 6.92 Å². The van der Waals surface area contributed by atoms with Crippen LogP contribution in [0.5, 0.6) is 0 Å². The largest absolute Gasteiger partial charge is 0.416 e. The highest BCUT2D eigenvalue weighted by atomic mass is 32.1. The van der Waals surface area contributed by atoms with Gasteiger partial charge >= 0.3 is 6.18 Å². The fourth-order valence-electron chi connectivity index (χ4n) is 3.35. The monoisotopic (exact) mass is 472 g/mol. The Morgan fingerprint density at radius 3 is 2.64 bits per heavy atom. The number of benzene rings is 2. The number of carbonyl (C=O) groups is 1. The van der Waals surface area contributed by atoms with Crippen molar-refractivity contribution in [3.05, 3.63) is 87.2 Å². The van der Waals surface area contributed by atoms with Crippen molar-refractivity contribution in [2.45, 2.75) is 25.9 Å². The minimum Gasteiger partial charge on any atom is -0.326 e. The van der Waals surface area contributed by atoms with E-state index in [0.717, 1.165) is 23.4 Å². The Morgan fingerprint density at radius 1 is 1.15 bits per heavy atom. The summed E-state index contributed by atoms with van der Waals surface area (Å²) in [5, 5.41) is 7.77. The number of thiazole rings is 1. The van der Waals surface area contributed by atoms with Gasteiger partial charge in [0.25, 0.3) is 5.56 Å². The topological polar surface area (TPSA) is 79.8 Å². The number of halogens is 3. The standard InChI is InChI=1S/C23H19F3N4O2S/c1-14-18(10-11-20(31)27-17-9-5-8-16(12-17)23(24,25)26)21(32)30(29-14)22-28-19(13-33-22)15-6-3-2-4-7-15/h2-9,12-13,29H,10-11H2,1H3,(H,27,31). The maximum absolute atomic E-state index is 12.9. The van der Waals surface area contributed by atoms with Crippen LogP contribution < -0.4 is 10.9 Å². The maximum Gasteiger partial charge on any atom is 0.416 e. The highest BCUT2D eigenvalue weighted by Crippen LogP contribution is 2.30. The molecule has 1 amide bonds. The molecule has 2 aromatic carbocycles. The van der Waals surface area contributed by atoms with E-state index in [1.807, 2.05) is 35.7 Å². The maximum atomic E-state index is 12.9. The molecule has 33 heavy (non-hydrogen) atoms. The summed E-state index contributed by atoms with van der Waals surface area (Å²) in [6.45, 7) is 1.73. The van der Waals surface area contributed by atoms with Gasteiger partial charge in [-0.1, -0.05) is 36.4 Å². The molecule has 0 saturated carbocycles. The molecular weight excluding hydrogens is 453 g/mol. The molecule has 0 unspecified atom stereocenters. The fourth-order valence-corrected chi connectivity index (χ4v) is 4.15. The number of H-pyrrole nitrogens is 1. The second-order valence-electron chi connectivity index (χ2n) is 7.36. The van der Waals surface area contributed by atoms with Crippen molar-refractivity contribution >= 4 is 22.9 Å². The van der Waals surface area contributed by atoms with E-state index in [-0.39, 0.29) is 24.1 Å². The molecule has 0 aliphatic carbocycles. The predicted octanol–water partition coefficient (Wildman–Crippen LogP) is 5.19. The molecule has 0 atom stereocenters. The van der Waals surface area contributed by atoms with Gasteiger partial charge in [-0.25, -0.2) is 4.98 Å². The van der Waals surface area contributed by atoms with Crippen LogP contribution in [-0.2, 0) is 17.4 Å². The first kappa shape index (κ1) is 22.5. The molecule has 10 heteroatoms. The van der Waals surface area contributed by atoms with Gasteiger partial charge < -0.3 is 5.32 Å². The first-order valence-electron chi connectivity index (χ1n) is 10.0. The summed E-state index contributed by atoms with van der Waals surface area (Å²) < 4.78 is 39.9. The van der Waals surface area contributed by atoms with Gasteiger partial charge in [0, 0.05) is 34.3 Å². The molecule has 170 valence electrons. The van der Waals surface area contributed by atoms with Crippen molar-refractivity contribution in [3.63, 3.8) is 0 Å². The van der Waals surface area contributed by atoms with Crippen LogP contribution in [0.25, 0.3) is 16.4 Å². The molecule has 0 fully saturated rings. The van der Waals surface area contributed by atoms with Gasteiger partial charge in [0.05, 0.1) is 11.3 Å². The second-order valence-corrected chi connectivity index (χ2v) is 8.20. The Hall–Kier alpha value is -3.66. The Balaban J connectivity index is 1.46. The van der Waals surface area contributed by atoms with Crippen LogP contribution in [0.4, 0.5) is 18.9 Å². The van der Waals surface area contributed by atoms with Crippen LogP contribution in [0.3, 0.4) is 0 Å². The van der Waals surface area contributed by atoms with Crippen LogP contribution in [0.2, 0.25) is 0 Å². The molecule has 6 nitrogen and oxygen atoms in total. The Labute approximate surface area is 190 Å². The third kappa shape index (κ3) is 5.06. The van der Waals surface area contributed by atoms with Gasteiger partial charge in [0.15, 0.2) is 0 Å². The van der Waals surface area contributed by atoms with Crippen LogP contribution >= 0.6 is 11.3 Å². The van der Waals surface area contributed by atoms with E-state index in [4.69, 9.17) is 0 Å². The SMILES string of the molecule is Cc1[nH]n(-c2nc(-c3ccccc3)cs2)c(=O)c1CCC(=O)Nc1cccc(C(F)(F)F)c1. The van der Waals surface area contributed by atoms with Crippen molar-refractivity contribution in [1.82, 2.24) is 14.8 Å². The Morgan fingerprint density at radius 2 is 1.91 bits per heavy atom. The Kier molecular flexibility index (Phi) is 6.19. The third-order valence-corrected chi connectivity index (χ3v) is 5.85. The van der Waals surface area contributed by atoms with Gasteiger partial charge in [-0.3, -0.25) is 14.7 Å². The molecule has 0 saturated heterocycles. The number of rotatable bonds is 6. The molecule has 0 aliphatic rings. The molecule has 0 bridgehead atoms. The zero-order chi connectivity index (χ0) is 23.6. The van der Waals surface area contributed by atoms with Crippen LogP contribution in [0.1, 0.15) is 23.2 Å². The van der Waals surface area contributed by atoms with E-state index in [1.165, 1.54) is 28.2 Å². The van der Waals surface area contributed by atoms with E-state index in [2.05, 4.69) is 15.4 Å². The minimum atomic E-state index is -4.50. The number of carbonyl (C=O) groups excluding carboxylic acids is 1. The number of hydrogen-bond donors (Lipinski definition) is 2. The highest BCUT2D eigenvalue weighted by molar-refractivity contribution is 7.12. The minimum absolute atomic E-state index is 0.0502. The van der Waals surface area contributed by atoms with Gasteiger partial charge in [-0.15, -0.1) is 11.3 Å². The lowest BCUT2D eigenvalue weighted by Crippen LogP contribution is -2.19. The summed E-state index contributed by atoms with van der Waals surface area (Å²) in [6, 6.07) is 14.0. The number of amides is 1. The van der Waals surface area contributed by atoms with Gasteiger partial charge in [-0.2, -0.15) is 17.9 Å². The average molecular weight is 472 g/mol. The van der Waals surface area contributed by atoms with Gasteiger partial charge in [-0.05, 0) is 31.5 Å². The number of alkyl halides is 3. The van der Waals surface area contributed by atoms with E-state index in [0.29, 0.717) is 16.4 Å². The van der Waals surface area contributed by atoms with E-state index >= 15 is 0 Å². The number of hydrogen-bond acceptors (Lipinski definition) is 4. The van der Waals surface area contributed by atoms with Crippen molar-refractivity contribution in [3.8, 4) is 16.4 Å². The lowest BCUT2D eigenvalue weighted by atomic mass is 10.1. The molecule has 2 aromatic heterocycles. The zero-order valence-corrected chi connectivity index (χ0v) is 18.3. The van der Waals surface area contributed by atoms with Crippen molar-refractivity contribution < 1.29 is 18.0 Å². The van der Waals surface area contributed by atoms with E-state index in [9.17, 15) is 22.8 Å². The average Bonchev–Trinajstić information content (AvgIpc) is 3.37. The summed E-state index contributed by atoms with van der Waals surface area (Å²) in [5.41, 5.74) is 1.60. The first-order chi connectivity index (χ1) is 15.7. The normalized spacial score (nSPS) is 11.5. The first-order valence-corrected chi connectivity index (χ1v) is 10.9. The van der Waals surface area contributed by atoms with Crippen LogP contribution in [0.15, 0.2) is 64.8 Å². The quantitative estimate of drug-likeness (QED) is 0.406. The molecule has 0 radical (unpaired) electrons. The molecule has 2 heterocycles. The van der Waals surface area contributed by atoms with Crippen molar-refractivity contribution in [2.75, 3.05) is 5.32 Å². The zero-order valence-electron chi connectivity index (χ0n) is 17.4. The number of aromatic nitrogens is 3. The third-order valence-electron chi connectivity index (χ3n) is 5.02. The number of anilines is 1. The number of aryl methyl sites for hydroxylation is 1. The highest BCUT2D eigenvalue weighted by Gasteiger charge is 2.30. The summed E-state index contributed by atoms with van der Waals surface area (Å²) in [7, 11) is 0. The molecule has 4 rings (SSSR count). The van der Waals surface area contributed by atoms with Crippen LogP contribution in [-0.4, -0.2) is 20.7 Å². The summed E-state index contributed by atoms with van der Waals surface area (Å²) in [4.78, 5) is 29.7. The molecular formula is C23H19F3N4O2S. The van der Waals surface area contributed by atoms with Gasteiger partial charge in [0.2, 0.25) is 11.0 Å². The molecule has 0 aliphatic heterocycles. The fraction of sp³-hybridized carbons (Fsp3) is 0.174. The molecule has 2 N–H and O–H groups in total. The predicted molar refractivity (Wildman–Crippen MR) is 121 cm³/mol. The second kappa shape index (κ2) is 9.07. The van der Waals surface area contributed by atoms with Crippen molar-refractivity contribution in [1.29, 1.82) is 0 Å². The van der Waals surface area contributed by atoms with Crippen molar-refractivity contribution in [2.24, 2.45) is 0 Å². The number of nitrogens with one attached hydrogen (secondary N) is 2. The van der Waals surface area contributed by atoms with E-state index < -0.39 is 17.6 Å². The summed E-state index contributed by atoms with van der Waals surface area (Å²) in [5.74, 6) is -0.485. The molecule has 0 spiro atoms.